The molecule has 0 atom stereocenters. The van der Waals surface area contributed by atoms with Crippen LogP contribution >= 0.6 is 0 Å². The third-order valence-electron chi connectivity index (χ3n) is 6.90. The Hall–Kier alpha value is -4.50. The van der Waals surface area contributed by atoms with Crippen molar-refractivity contribution in [2.24, 2.45) is 7.05 Å². The molecule has 2 aromatic heterocycles. The highest BCUT2D eigenvalue weighted by atomic mass is 16.2. The number of anilines is 1. The molecule has 0 saturated heterocycles. The van der Waals surface area contributed by atoms with Gasteiger partial charge >= 0.3 is 0 Å². The minimum absolute atomic E-state index is 0.00440. The van der Waals surface area contributed by atoms with E-state index in [1.807, 2.05) is 86.4 Å². The molecule has 0 fully saturated rings. The minimum Gasteiger partial charge on any atom is -0.316 e. The number of aromatic nitrogens is 3. The van der Waals surface area contributed by atoms with E-state index in [0.717, 1.165) is 55.4 Å². The van der Waals surface area contributed by atoms with Crippen molar-refractivity contribution in [1.82, 2.24) is 14.8 Å². The summed E-state index contributed by atoms with van der Waals surface area (Å²) in [4.78, 5) is 18.0. The summed E-state index contributed by atoms with van der Waals surface area (Å²) in [5, 5.41) is 16.4. The molecule has 178 valence electrons. The molecule has 0 radical (unpaired) electrons. The number of aryl methyl sites for hydroxylation is 1. The van der Waals surface area contributed by atoms with Gasteiger partial charge in [-0.05, 0) is 54.8 Å². The lowest BCUT2D eigenvalue weighted by Gasteiger charge is -2.16. The number of nitrogens with zero attached hydrogens (tertiary/aromatic N) is 5. The van der Waals surface area contributed by atoms with Gasteiger partial charge in [0.05, 0.1) is 28.7 Å². The van der Waals surface area contributed by atoms with Crippen molar-refractivity contribution in [1.29, 1.82) is 5.26 Å². The van der Waals surface area contributed by atoms with Gasteiger partial charge in [-0.1, -0.05) is 42.5 Å². The fourth-order valence-electron chi connectivity index (χ4n) is 4.48. The normalized spacial score (nSPS) is 11.6. The van der Waals surface area contributed by atoms with Gasteiger partial charge in [0.2, 0.25) is 5.91 Å². The molecule has 0 N–H and O–H groups in total. The summed E-state index contributed by atoms with van der Waals surface area (Å²) in [6, 6.07) is 24.7. The fourth-order valence-corrected chi connectivity index (χ4v) is 4.48. The summed E-state index contributed by atoms with van der Waals surface area (Å²) in [5.41, 5.74) is 7.13. The van der Waals surface area contributed by atoms with Crippen LogP contribution in [-0.4, -0.2) is 27.7 Å². The molecular formula is C30H27N5O. The Bertz CT molecular complexity index is 1660. The molecule has 2 heterocycles. The Morgan fingerprint density at radius 2 is 1.61 bits per heavy atom. The molecule has 0 aliphatic heterocycles. The third kappa shape index (κ3) is 3.89. The van der Waals surface area contributed by atoms with Crippen molar-refractivity contribution in [3.8, 4) is 28.5 Å². The Kier molecular flexibility index (Phi) is 5.57. The number of hydrogen-bond acceptors (Lipinski definition) is 4. The number of hydrogen-bond donors (Lipinski definition) is 0. The average Bonchev–Trinajstić information content (AvgIpc) is 3.24. The molecule has 0 spiro atoms. The third-order valence-corrected chi connectivity index (χ3v) is 6.90. The molecule has 6 heteroatoms. The predicted octanol–water partition coefficient (Wildman–Crippen LogP) is 6.24. The summed E-state index contributed by atoms with van der Waals surface area (Å²) in [6.07, 6.45) is 1.87. The molecule has 5 rings (SSSR count). The second kappa shape index (κ2) is 8.62. The molecule has 1 amide bonds. The number of fused-ring (bicyclic) bond motifs is 3. The summed E-state index contributed by atoms with van der Waals surface area (Å²) in [7, 11) is 3.70. The van der Waals surface area contributed by atoms with E-state index in [9.17, 15) is 10.1 Å². The number of pyridine rings is 1. The van der Waals surface area contributed by atoms with Crippen molar-refractivity contribution in [2.45, 2.75) is 26.2 Å². The van der Waals surface area contributed by atoms with E-state index in [1.54, 1.807) is 18.9 Å². The Balaban J connectivity index is 1.64. The molecular weight excluding hydrogens is 446 g/mol. The smallest absolute Gasteiger partial charge is 0.223 e. The molecule has 0 saturated carbocycles. The quantitative estimate of drug-likeness (QED) is 0.310. The van der Waals surface area contributed by atoms with Crippen molar-refractivity contribution in [2.75, 3.05) is 11.9 Å². The highest BCUT2D eigenvalue weighted by Crippen LogP contribution is 2.36. The summed E-state index contributed by atoms with van der Waals surface area (Å²) in [5.74, 6) is -0.00440. The number of carbonyl (C=O) groups excluding carboxylic acids is 1. The summed E-state index contributed by atoms with van der Waals surface area (Å²) in [6.45, 7) is 5.39. The lowest BCUT2D eigenvalue weighted by atomic mass is 9.86. The molecule has 6 nitrogen and oxygen atoms in total. The van der Waals surface area contributed by atoms with Crippen LogP contribution in [0.2, 0.25) is 0 Å². The van der Waals surface area contributed by atoms with Crippen molar-refractivity contribution >= 4 is 33.4 Å². The first-order valence-corrected chi connectivity index (χ1v) is 11.8. The van der Waals surface area contributed by atoms with Crippen LogP contribution in [0.1, 0.15) is 26.3 Å². The summed E-state index contributed by atoms with van der Waals surface area (Å²) < 4.78 is 1.86. The van der Waals surface area contributed by atoms with Crippen molar-refractivity contribution < 1.29 is 4.79 Å². The highest BCUT2D eigenvalue weighted by Gasteiger charge is 2.21. The molecule has 0 bridgehead atoms. The van der Waals surface area contributed by atoms with E-state index in [-0.39, 0.29) is 5.91 Å². The summed E-state index contributed by atoms with van der Waals surface area (Å²) >= 11 is 0. The van der Waals surface area contributed by atoms with Gasteiger partial charge in [0, 0.05) is 43.0 Å². The molecule has 36 heavy (non-hydrogen) atoms. The molecule has 0 aliphatic rings. The van der Waals surface area contributed by atoms with E-state index >= 15 is 0 Å². The van der Waals surface area contributed by atoms with Gasteiger partial charge in [0.1, 0.15) is 5.69 Å². The SMILES string of the molecule is CC(=O)N(C)c1ccc(-c2ccc3ncc4c(c(-c5ccc(C(C)(C)C#N)cc5)nn4C)c3c2)cc1. The largest absolute Gasteiger partial charge is 0.316 e. The van der Waals surface area contributed by atoms with Crippen molar-refractivity contribution in [3.63, 3.8) is 0 Å². The lowest BCUT2D eigenvalue weighted by molar-refractivity contribution is -0.116. The van der Waals surface area contributed by atoms with Gasteiger partial charge in [-0.15, -0.1) is 0 Å². The average molecular weight is 474 g/mol. The molecule has 0 aliphatic carbocycles. The van der Waals surface area contributed by atoms with Gasteiger partial charge in [-0.3, -0.25) is 14.5 Å². The van der Waals surface area contributed by atoms with E-state index < -0.39 is 5.41 Å². The standard InChI is InChI=1S/C30H27N5O/c1-19(36)34(4)24-13-8-20(9-14-24)22-10-15-26-25(16-22)28-27(17-32-26)35(5)33-29(28)21-6-11-23(12-7-21)30(2,3)18-31/h6-17H,1-5H3. The van der Waals surface area contributed by atoms with Gasteiger partial charge in [0.15, 0.2) is 0 Å². The van der Waals surface area contributed by atoms with E-state index in [1.165, 1.54) is 0 Å². The zero-order chi connectivity index (χ0) is 25.6. The van der Waals surface area contributed by atoms with Gasteiger partial charge < -0.3 is 4.90 Å². The van der Waals surface area contributed by atoms with Gasteiger partial charge in [-0.2, -0.15) is 10.4 Å². The van der Waals surface area contributed by atoms with Crippen LogP contribution in [0.15, 0.2) is 72.9 Å². The first-order valence-electron chi connectivity index (χ1n) is 11.8. The van der Waals surface area contributed by atoms with Crippen LogP contribution in [0.3, 0.4) is 0 Å². The van der Waals surface area contributed by atoms with Crippen LogP contribution in [0, 0.1) is 11.3 Å². The number of benzene rings is 3. The van der Waals surface area contributed by atoms with E-state index in [0.29, 0.717) is 0 Å². The maximum Gasteiger partial charge on any atom is 0.223 e. The highest BCUT2D eigenvalue weighted by molar-refractivity contribution is 6.12. The van der Waals surface area contributed by atoms with Crippen LogP contribution < -0.4 is 4.90 Å². The number of rotatable bonds is 4. The second-order valence-corrected chi connectivity index (χ2v) is 9.66. The van der Waals surface area contributed by atoms with Gasteiger partial charge in [0.25, 0.3) is 0 Å². The maximum absolute atomic E-state index is 11.7. The topological polar surface area (TPSA) is 74.8 Å². The molecule has 0 unspecified atom stereocenters. The molecule has 3 aromatic carbocycles. The zero-order valence-electron chi connectivity index (χ0n) is 21.1. The predicted molar refractivity (Wildman–Crippen MR) is 145 cm³/mol. The van der Waals surface area contributed by atoms with Crippen LogP contribution in [0.25, 0.3) is 44.2 Å². The maximum atomic E-state index is 11.7. The Morgan fingerprint density at radius 1 is 0.972 bits per heavy atom. The second-order valence-electron chi connectivity index (χ2n) is 9.66. The number of nitriles is 1. The van der Waals surface area contributed by atoms with E-state index in [2.05, 4.69) is 23.2 Å². The van der Waals surface area contributed by atoms with Crippen LogP contribution in [0.5, 0.6) is 0 Å². The first-order chi connectivity index (χ1) is 17.2. The number of carbonyl (C=O) groups is 1. The molecule has 5 aromatic rings. The first kappa shape index (κ1) is 23.3. The fraction of sp³-hybridized carbons (Fsp3) is 0.200. The Morgan fingerprint density at radius 3 is 2.25 bits per heavy atom. The zero-order valence-corrected chi connectivity index (χ0v) is 21.1. The Labute approximate surface area is 210 Å². The van der Waals surface area contributed by atoms with Crippen LogP contribution in [-0.2, 0) is 17.3 Å². The minimum atomic E-state index is -0.551. The van der Waals surface area contributed by atoms with Crippen LogP contribution in [0.4, 0.5) is 5.69 Å². The number of amides is 1. The van der Waals surface area contributed by atoms with Gasteiger partial charge in [-0.25, -0.2) is 0 Å². The van der Waals surface area contributed by atoms with E-state index in [4.69, 9.17) is 5.10 Å². The monoisotopic (exact) mass is 473 g/mol. The lowest BCUT2D eigenvalue weighted by Crippen LogP contribution is -2.22. The van der Waals surface area contributed by atoms with Crippen molar-refractivity contribution in [3.05, 3.63) is 78.5 Å².